The van der Waals surface area contributed by atoms with Gasteiger partial charge in [0, 0.05) is 26.2 Å². The van der Waals surface area contributed by atoms with E-state index in [1.807, 2.05) is 0 Å². The lowest BCUT2D eigenvalue weighted by Gasteiger charge is -2.33. The van der Waals surface area contributed by atoms with Crippen LogP contribution in [0.4, 0.5) is 0 Å². The summed E-state index contributed by atoms with van der Waals surface area (Å²) in [4.78, 5) is 14.0. The van der Waals surface area contributed by atoms with Crippen molar-refractivity contribution in [2.75, 3.05) is 37.7 Å². The molecule has 1 aromatic rings. The molecule has 1 amide bonds. The monoisotopic (exact) mass is 454 g/mol. The maximum Gasteiger partial charge on any atom is 0.252 e. The molecule has 0 bridgehead atoms. The number of halogens is 1. The maximum atomic E-state index is 12.6. The average molecular weight is 455 g/mol. The van der Waals surface area contributed by atoms with Crippen molar-refractivity contribution in [1.82, 2.24) is 9.21 Å². The van der Waals surface area contributed by atoms with Gasteiger partial charge in [0.05, 0.1) is 9.54 Å². The van der Waals surface area contributed by atoms with Crippen LogP contribution in [0.15, 0.2) is 20.1 Å². The highest BCUT2D eigenvalue weighted by Crippen LogP contribution is 2.29. The molecule has 1 saturated heterocycles. The highest BCUT2D eigenvalue weighted by molar-refractivity contribution is 9.11. The van der Waals surface area contributed by atoms with E-state index in [0.29, 0.717) is 42.1 Å². The van der Waals surface area contributed by atoms with Crippen LogP contribution in [0.2, 0.25) is 0 Å². The largest absolute Gasteiger partial charge is 0.339 e. The number of thiophene rings is 1. The van der Waals surface area contributed by atoms with E-state index in [-0.39, 0.29) is 5.91 Å². The molecule has 1 aliphatic rings. The molecule has 0 N–H and O–H groups in total. The van der Waals surface area contributed by atoms with Crippen molar-refractivity contribution < 1.29 is 13.2 Å². The van der Waals surface area contributed by atoms with Gasteiger partial charge in [0.2, 0.25) is 5.91 Å². The summed E-state index contributed by atoms with van der Waals surface area (Å²) in [7, 11) is -3.44. The van der Waals surface area contributed by atoms with Crippen molar-refractivity contribution >= 4 is 55.0 Å². The summed E-state index contributed by atoms with van der Waals surface area (Å²) in [5.74, 6) is 2.24. The van der Waals surface area contributed by atoms with Crippen LogP contribution in [-0.4, -0.2) is 61.2 Å². The van der Waals surface area contributed by atoms with Crippen LogP contribution in [0.5, 0.6) is 0 Å². The third-order valence-electron chi connectivity index (χ3n) is 3.80. The Hall–Kier alpha value is -0.0900. The van der Waals surface area contributed by atoms with E-state index in [9.17, 15) is 13.2 Å². The molecule has 9 heteroatoms. The van der Waals surface area contributed by atoms with Crippen LogP contribution in [0.25, 0.3) is 0 Å². The second-order valence-electron chi connectivity index (χ2n) is 6.08. The minimum Gasteiger partial charge on any atom is -0.339 e. The summed E-state index contributed by atoms with van der Waals surface area (Å²) in [6.07, 6.45) is 1.11. The molecule has 1 fully saturated rings. The van der Waals surface area contributed by atoms with Crippen LogP contribution >= 0.6 is 39.0 Å². The summed E-state index contributed by atoms with van der Waals surface area (Å²) < 4.78 is 27.7. The van der Waals surface area contributed by atoms with Gasteiger partial charge in [-0.2, -0.15) is 16.1 Å². The summed E-state index contributed by atoms with van der Waals surface area (Å²) in [5.41, 5.74) is 0. The van der Waals surface area contributed by atoms with Gasteiger partial charge in [-0.1, -0.05) is 13.8 Å². The minimum absolute atomic E-state index is 0.111. The van der Waals surface area contributed by atoms with E-state index in [1.54, 1.807) is 28.8 Å². The molecular formula is C15H23BrN2O3S3. The fraction of sp³-hybridized carbons (Fsp3) is 0.667. The number of amides is 1. The topological polar surface area (TPSA) is 57.7 Å². The minimum atomic E-state index is -3.44. The Morgan fingerprint density at radius 1 is 1.29 bits per heavy atom. The average Bonchev–Trinajstić information content (AvgIpc) is 2.98. The summed E-state index contributed by atoms with van der Waals surface area (Å²) in [6, 6.07) is 3.36. The standard InChI is InChI=1S/C15H23BrN2O3S3/c1-12(2)5-10-22-11-14(19)17-6-8-18(9-7-17)24(20,21)15-4-3-13(16)23-15/h3-4,12H,5-11H2,1-2H3. The third kappa shape index (κ3) is 5.45. The van der Waals surface area contributed by atoms with Gasteiger partial charge in [0.25, 0.3) is 10.0 Å². The van der Waals surface area contributed by atoms with Crippen molar-refractivity contribution in [3.05, 3.63) is 15.9 Å². The lowest BCUT2D eigenvalue weighted by molar-refractivity contribution is -0.129. The second-order valence-corrected chi connectivity index (χ2v) is 11.8. The number of nitrogens with zero attached hydrogens (tertiary/aromatic N) is 2. The zero-order chi connectivity index (χ0) is 17.7. The number of piperazine rings is 1. The van der Waals surface area contributed by atoms with Gasteiger partial charge < -0.3 is 4.90 Å². The molecule has 0 saturated carbocycles. The Kier molecular flexibility index (Phi) is 7.60. The Bertz CT molecular complexity index is 653. The molecule has 0 aliphatic carbocycles. The first kappa shape index (κ1) is 20.2. The van der Waals surface area contributed by atoms with Crippen LogP contribution in [0, 0.1) is 5.92 Å². The second kappa shape index (κ2) is 9.02. The molecule has 5 nitrogen and oxygen atoms in total. The maximum absolute atomic E-state index is 12.6. The molecule has 1 aromatic heterocycles. The quantitative estimate of drug-likeness (QED) is 0.593. The van der Waals surface area contributed by atoms with Gasteiger partial charge in [-0.3, -0.25) is 4.79 Å². The zero-order valence-electron chi connectivity index (χ0n) is 13.9. The molecule has 0 radical (unpaired) electrons. The Morgan fingerprint density at radius 2 is 1.96 bits per heavy atom. The van der Waals surface area contributed by atoms with E-state index in [0.717, 1.165) is 16.0 Å². The summed E-state index contributed by atoms with van der Waals surface area (Å²) >= 11 is 6.17. The van der Waals surface area contributed by atoms with E-state index in [4.69, 9.17) is 0 Å². The molecule has 2 rings (SSSR count). The Balaban J connectivity index is 1.81. The number of carbonyl (C=O) groups excluding carboxylic acids is 1. The third-order valence-corrected chi connectivity index (χ3v) is 8.76. The summed E-state index contributed by atoms with van der Waals surface area (Å²) in [6.45, 7) is 6.01. The number of thioether (sulfide) groups is 1. The Labute approximate surface area is 161 Å². The molecule has 1 aliphatic heterocycles. The van der Waals surface area contributed by atoms with Gasteiger partial charge >= 0.3 is 0 Å². The zero-order valence-corrected chi connectivity index (χ0v) is 17.9. The lowest BCUT2D eigenvalue weighted by Crippen LogP contribution is -2.50. The molecule has 0 aromatic carbocycles. The normalized spacial score (nSPS) is 16.8. The molecule has 0 atom stereocenters. The van der Waals surface area contributed by atoms with Crippen molar-refractivity contribution in [2.45, 2.75) is 24.5 Å². The Morgan fingerprint density at radius 3 is 2.50 bits per heavy atom. The summed E-state index contributed by atoms with van der Waals surface area (Å²) in [5, 5.41) is 0. The highest BCUT2D eigenvalue weighted by Gasteiger charge is 2.30. The molecule has 2 heterocycles. The van der Waals surface area contributed by atoms with Crippen molar-refractivity contribution in [3.63, 3.8) is 0 Å². The SMILES string of the molecule is CC(C)CCSCC(=O)N1CCN(S(=O)(=O)c2ccc(Br)s2)CC1. The number of carbonyl (C=O) groups is 1. The predicted octanol–water partition coefficient (Wildman–Crippen LogP) is 3.12. The first-order valence-electron chi connectivity index (χ1n) is 7.91. The smallest absolute Gasteiger partial charge is 0.252 e. The van der Waals surface area contributed by atoms with E-state index in [1.165, 1.54) is 15.6 Å². The highest BCUT2D eigenvalue weighted by atomic mass is 79.9. The first-order chi connectivity index (χ1) is 11.3. The van der Waals surface area contributed by atoms with Gasteiger partial charge in [-0.25, -0.2) is 8.42 Å². The van der Waals surface area contributed by atoms with Crippen LogP contribution < -0.4 is 0 Å². The predicted molar refractivity (Wildman–Crippen MR) is 104 cm³/mol. The molecule has 24 heavy (non-hydrogen) atoms. The van der Waals surface area contributed by atoms with Crippen molar-refractivity contribution in [2.24, 2.45) is 5.92 Å². The molecule has 136 valence electrons. The van der Waals surface area contributed by atoms with Crippen molar-refractivity contribution in [3.8, 4) is 0 Å². The fourth-order valence-corrected chi connectivity index (χ4v) is 7.04. The first-order valence-corrected chi connectivity index (χ1v) is 12.1. The van der Waals surface area contributed by atoms with Crippen molar-refractivity contribution in [1.29, 1.82) is 0 Å². The number of rotatable bonds is 7. The molecule has 0 spiro atoms. The van der Waals surface area contributed by atoms with Gasteiger partial charge in [0.15, 0.2) is 0 Å². The number of hydrogen-bond acceptors (Lipinski definition) is 5. The molecule has 0 unspecified atom stereocenters. The van der Waals surface area contributed by atoms with E-state index >= 15 is 0 Å². The molecular weight excluding hydrogens is 432 g/mol. The van der Waals surface area contributed by atoms with Gasteiger partial charge in [-0.05, 0) is 46.2 Å². The fourth-order valence-electron chi connectivity index (χ4n) is 2.31. The number of sulfonamides is 1. The van der Waals surface area contributed by atoms with E-state index < -0.39 is 10.0 Å². The van der Waals surface area contributed by atoms with E-state index in [2.05, 4.69) is 29.8 Å². The van der Waals surface area contributed by atoms with Crippen LogP contribution in [0.1, 0.15) is 20.3 Å². The van der Waals surface area contributed by atoms with Gasteiger partial charge in [-0.15, -0.1) is 11.3 Å². The lowest BCUT2D eigenvalue weighted by atomic mass is 10.2. The van der Waals surface area contributed by atoms with Crippen LogP contribution in [-0.2, 0) is 14.8 Å². The number of hydrogen-bond donors (Lipinski definition) is 0. The van der Waals surface area contributed by atoms with Gasteiger partial charge in [0.1, 0.15) is 4.21 Å². The van der Waals surface area contributed by atoms with Crippen LogP contribution in [0.3, 0.4) is 0 Å².